The smallest absolute Gasteiger partial charge is 0.248 e. The minimum Gasteiger partial charge on any atom is -0.377 e. The van der Waals surface area contributed by atoms with Gasteiger partial charge >= 0.3 is 0 Å². The fraction of sp³-hybridized carbons (Fsp3) is 0.579. The number of amides is 1. The third kappa shape index (κ3) is 4.14. The number of nitrogens with one attached hydrogen (secondary N) is 2. The first-order chi connectivity index (χ1) is 13.2. The summed E-state index contributed by atoms with van der Waals surface area (Å²) >= 11 is 0. The van der Waals surface area contributed by atoms with Crippen molar-refractivity contribution in [1.82, 2.24) is 20.2 Å². The van der Waals surface area contributed by atoms with Crippen LogP contribution in [0.2, 0.25) is 0 Å². The van der Waals surface area contributed by atoms with E-state index in [4.69, 9.17) is 14.2 Å². The topological polar surface area (TPSA) is 88.7 Å². The number of aryl methyl sites for hydroxylation is 1. The number of fused-ring (bicyclic) bond motifs is 1. The average molecular weight is 374 g/mol. The first-order valence-corrected chi connectivity index (χ1v) is 9.37. The molecule has 1 atom stereocenters. The lowest BCUT2D eigenvalue weighted by Crippen LogP contribution is -2.59. The predicted octanol–water partition coefficient (Wildman–Crippen LogP) is 0.605. The van der Waals surface area contributed by atoms with E-state index in [1.165, 1.54) is 0 Å². The van der Waals surface area contributed by atoms with E-state index in [0.29, 0.717) is 39.5 Å². The van der Waals surface area contributed by atoms with E-state index in [2.05, 4.69) is 15.3 Å². The molecule has 3 heterocycles. The Balaban J connectivity index is 1.31. The van der Waals surface area contributed by atoms with Gasteiger partial charge in [0.25, 0.3) is 0 Å². The van der Waals surface area contributed by atoms with Crippen LogP contribution in [0.3, 0.4) is 0 Å². The van der Waals surface area contributed by atoms with Gasteiger partial charge in [-0.2, -0.15) is 0 Å². The maximum atomic E-state index is 12.6. The molecule has 146 valence electrons. The summed E-state index contributed by atoms with van der Waals surface area (Å²) < 4.78 is 17.2. The van der Waals surface area contributed by atoms with E-state index in [-0.39, 0.29) is 19.1 Å². The quantitative estimate of drug-likeness (QED) is 0.815. The zero-order valence-corrected chi connectivity index (χ0v) is 15.6. The molecule has 0 unspecified atom stereocenters. The van der Waals surface area contributed by atoms with Gasteiger partial charge in [0.1, 0.15) is 24.6 Å². The van der Waals surface area contributed by atoms with E-state index < -0.39 is 5.60 Å². The molecule has 1 aromatic carbocycles. The first-order valence-electron chi connectivity index (χ1n) is 9.37. The molecule has 0 aliphatic carbocycles. The highest BCUT2D eigenvalue weighted by Gasteiger charge is 2.39. The fourth-order valence-corrected chi connectivity index (χ4v) is 3.64. The van der Waals surface area contributed by atoms with Gasteiger partial charge in [-0.3, -0.25) is 4.79 Å². The number of rotatable bonds is 4. The van der Waals surface area contributed by atoms with Crippen molar-refractivity contribution in [3.05, 3.63) is 29.6 Å². The zero-order chi connectivity index (χ0) is 18.7. The van der Waals surface area contributed by atoms with Crippen LogP contribution in [0, 0.1) is 6.92 Å². The number of carbonyl (C=O) groups excluding carboxylic acids is 1. The highest BCUT2D eigenvalue weighted by Crippen LogP contribution is 2.20. The molecule has 1 spiro atoms. The van der Waals surface area contributed by atoms with Crippen molar-refractivity contribution in [2.24, 2.45) is 0 Å². The van der Waals surface area contributed by atoms with Crippen molar-refractivity contribution in [2.75, 3.05) is 52.6 Å². The Morgan fingerprint density at radius 1 is 1.41 bits per heavy atom. The Morgan fingerprint density at radius 2 is 2.33 bits per heavy atom. The second kappa shape index (κ2) is 7.93. The highest BCUT2D eigenvalue weighted by molar-refractivity contribution is 5.78. The van der Waals surface area contributed by atoms with Gasteiger partial charge in [-0.15, -0.1) is 0 Å². The number of benzene rings is 1. The van der Waals surface area contributed by atoms with Crippen LogP contribution in [0.25, 0.3) is 11.0 Å². The zero-order valence-electron chi connectivity index (χ0n) is 15.6. The summed E-state index contributed by atoms with van der Waals surface area (Å²) in [5, 5.41) is 3.32. The number of morpholine rings is 1. The molecule has 4 rings (SSSR count). The molecule has 2 aromatic rings. The molecule has 27 heavy (non-hydrogen) atoms. The van der Waals surface area contributed by atoms with E-state index in [1.54, 1.807) is 0 Å². The predicted molar refractivity (Wildman–Crippen MR) is 99.4 cm³/mol. The minimum absolute atomic E-state index is 0.0282. The SMILES string of the molecule is Cc1cccc2[nH]c(COCC(=O)N3CCO[C@@]4(CNCCOC4)C3)nc12. The highest BCUT2D eigenvalue weighted by atomic mass is 16.5. The molecule has 8 nitrogen and oxygen atoms in total. The van der Waals surface area contributed by atoms with Crippen LogP contribution in [-0.4, -0.2) is 79.0 Å². The van der Waals surface area contributed by atoms with Crippen LogP contribution in [-0.2, 0) is 25.6 Å². The molecule has 0 bridgehead atoms. The third-order valence-corrected chi connectivity index (χ3v) is 5.06. The van der Waals surface area contributed by atoms with Gasteiger partial charge in [-0.05, 0) is 18.6 Å². The van der Waals surface area contributed by atoms with Crippen molar-refractivity contribution < 1.29 is 19.0 Å². The molecular weight excluding hydrogens is 348 g/mol. The molecule has 8 heteroatoms. The molecule has 1 amide bonds. The number of carbonyl (C=O) groups is 1. The number of nitrogens with zero attached hydrogens (tertiary/aromatic N) is 2. The van der Waals surface area contributed by atoms with Gasteiger partial charge in [0, 0.05) is 19.6 Å². The number of ether oxygens (including phenoxy) is 3. The normalized spacial score (nSPS) is 23.7. The van der Waals surface area contributed by atoms with E-state index in [0.717, 1.165) is 29.0 Å². The van der Waals surface area contributed by atoms with Crippen molar-refractivity contribution >= 4 is 16.9 Å². The van der Waals surface area contributed by atoms with Crippen molar-refractivity contribution in [1.29, 1.82) is 0 Å². The third-order valence-electron chi connectivity index (χ3n) is 5.06. The van der Waals surface area contributed by atoms with Crippen molar-refractivity contribution in [3.63, 3.8) is 0 Å². The number of H-pyrrole nitrogens is 1. The van der Waals surface area contributed by atoms with Crippen LogP contribution in [0.1, 0.15) is 11.4 Å². The molecule has 0 radical (unpaired) electrons. The molecule has 2 N–H and O–H groups in total. The summed E-state index contributed by atoms with van der Waals surface area (Å²) in [4.78, 5) is 22.2. The van der Waals surface area contributed by atoms with E-state index in [9.17, 15) is 4.79 Å². The van der Waals surface area contributed by atoms with Gasteiger partial charge in [-0.1, -0.05) is 12.1 Å². The molecule has 2 saturated heterocycles. The van der Waals surface area contributed by atoms with Crippen molar-refractivity contribution in [3.8, 4) is 0 Å². The first kappa shape index (κ1) is 18.4. The lowest BCUT2D eigenvalue weighted by molar-refractivity contribution is -0.162. The Hall–Kier alpha value is -2.00. The van der Waals surface area contributed by atoms with Gasteiger partial charge in [0.2, 0.25) is 5.91 Å². The van der Waals surface area contributed by atoms with Crippen LogP contribution < -0.4 is 5.32 Å². The van der Waals surface area contributed by atoms with Crippen LogP contribution in [0.4, 0.5) is 0 Å². The summed E-state index contributed by atoms with van der Waals surface area (Å²) in [7, 11) is 0. The Bertz CT molecular complexity index is 798. The molecule has 1 aromatic heterocycles. The Morgan fingerprint density at radius 3 is 3.22 bits per heavy atom. The van der Waals surface area contributed by atoms with Crippen LogP contribution in [0.5, 0.6) is 0 Å². The number of hydrogen-bond donors (Lipinski definition) is 2. The molecule has 2 aliphatic rings. The summed E-state index contributed by atoms with van der Waals surface area (Å²) in [6, 6.07) is 6.00. The largest absolute Gasteiger partial charge is 0.377 e. The second-order valence-electron chi connectivity index (χ2n) is 7.22. The van der Waals surface area contributed by atoms with E-state index in [1.807, 2.05) is 30.0 Å². The Kier molecular flexibility index (Phi) is 5.40. The second-order valence-corrected chi connectivity index (χ2v) is 7.22. The lowest BCUT2D eigenvalue weighted by Gasteiger charge is -2.41. The van der Waals surface area contributed by atoms with Gasteiger partial charge < -0.3 is 29.4 Å². The molecule has 2 fully saturated rings. The number of para-hydroxylation sites is 1. The number of imidazole rings is 1. The summed E-state index contributed by atoms with van der Waals surface area (Å²) in [5.74, 6) is 0.695. The monoisotopic (exact) mass is 374 g/mol. The van der Waals surface area contributed by atoms with E-state index >= 15 is 0 Å². The van der Waals surface area contributed by atoms with Gasteiger partial charge in [0.05, 0.1) is 37.4 Å². The number of aromatic amines is 1. The van der Waals surface area contributed by atoms with Gasteiger partial charge in [-0.25, -0.2) is 4.98 Å². The summed E-state index contributed by atoms with van der Waals surface area (Å²) in [5.41, 5.74) is 2.58. The molecule has 0 saturated carbocycles. The number of hydrogen-bond acceptors (Lipinski definition) is 6. The summed E-state index contributed by atoms with van der Waals surface area (Å²) in [6.07, 6.45) is 0. The van der Waals surface area contributed by atoms with Gasteiger partial charge in [0.15, 0.2) is 0 Å². The molecular formula is C19H26N4O4. The fourth-order valence-electron chi connectivity index (χ4n) is 3.64. The maximum absolute atomic E-state index is 12.6. The Labute approximate surface area is 158 Å². The summed E-state index contributed by atoms with van der Waals surface area (Å²) in [6.45, 7) is 6.61. The maximum Gasteiger partial charge on any atom is 0.248 e. The van der Waals surface area contributed by atoms with Crippen LogP contribution in [0.15, 0.2) is 18.2 Å². The number of aromatic nitrogens is 2. The standard InChI is InChI=1S/C19H26N4O4/c1-14-3-2-4-15-18(14)22-16(21-15)9-26-10-17(24)23-6-8-27-19(12-23)11-20-5-7-25-13-19/h2-4,20H,5-13H2,1H3,(H,21,22)/t19-/m0/s1. The molecule has 2 aliphatic heterocycles. The minimum atomic E-state index is -0.458. The van der Waals surface area contributed by atoms with Crippen LogP contribution >= 0.6 is 0 Å². The lowest BCUT2D eigenvalue weighted by atomic mass is 10.0. The van der Waals surface area contributed by atoms with Crippen molar-refractivity contribution in [2.45, 2.75) is 19.1 Å². The average Bonchev–Trinajstić information content (AvgIpc) is 2.97.